The molecular weight excluding hydrogens is 320 g/mol. The quantitative estimate of drug-likeness (QED) is 0.449. The number of Topliss-reactive ketones (excluding diaryl/α,β-unsaturated/α-hetero) is 1. The predicted molar refractivity (Wildman–Crippen MR) is 56.9 cm³/mol. The molecule has 18 heavy (non-hydrogen) atoms. The van der Waals surface area contributed by atoms with Gasteiger partial charge in [-0.25, -0.2) is 17.6 Å². The van der Waals surface area contributed by atoms with Gasteiger partial charge in [0.25, 0.3) is 0 Å². The molecule has 1 heterocycles. The number of ether oxygens (including phenoxy) is 1. The van der Waals surface area contributed by atoms with Crippen LogP contribution in [0, 0.1) is 23.3 Å². The first kappa shape index (κ1) is 13.5. The van der Waals surface area contributed by atoms with E-state index in [1.807, 2.05) is 0 Å². The van der Waals surface area contributed by atoms with Gasteiger partial charge in [-0.2, -0.15) is 0 Å². The Bertz CT molecular complexity index is 489. The zero-order valence-corrected chi connectivity index (χ0v) is 10.5. The molecule has 0 N–H and O–H groups in total. The third-order valence-electron chi connectivity index (χ3n) is 2.68. The van der Waals surface area contributed by atoms with E-state index >= 15 is 0 Å². The Balaban J connectivity index is 2.53. The molecule has 2 rings (SSSR count). The van der Waals surface area contributed by atoms with Crippen LogP contribution in [0.5, 0.6) is 0 Å². The third kappa shape index (κ3) is 2.16. The van der Waals surface area contributed by atoms with Gasteiger partial charge in [-0.05, 0) is 15.9 Å². The summed E-state index contributed by atoms with van der Waals surface area (Å²) >= 11 is 2.41. The van der Waals surface area contributed by atoms with Gasteiger partial charge in [-0.1, -0.05) is 0 Å². The standard InChI is InChI=1S/C11H7BrF4O2/c12-7-10(15)8(13)6(9(14)11(7)16)5-3-4(17)1-2-18-5/h5H,1-3H2. The summed E-state index contributed by atoms with van der Waals surface area (Å²) in [6, 6.07) is 0. The minimum atomic E-state index is -1.54. The molecule has 0 saturated carbocycles. The Labute approximate surface area is 108 Å². The number of hydrogen-bond acceptors (Lipinski definition) is 2. The van der Waals surface area contributed by atoms with E-state index < -0.39 is 39.4 Å². The molecule has 0 spiro atoms. The van der Waals surface area contributed by atoms with Crippen LogP contribution in [0.4, 0.5) is 17.6 Å². The summed E-state index contributed by atoms with van der Waals surface area (Å²) < 4.78 is 57.9. The van der Waals surface area contributed by atoms with E-state index in [1.165, 1.54) is 0 Å². The lowest BCUT2D eigenvalue weighted by Gasteiger charge is -2.23. The van der Waals surface area contributed by atoms with Crippen molar-refractivity contribution in [2.75, 3.05) is 6.61 Å². The Hall–Kier alpha value is -0.950. The second-order valence-corrected chi connectivity index (χ2v) is 4.63. The molecule has 1 unspecified atom stereocenters. The molecular formula is C11H7BrF4O2. The van der Waals surface area contributed by atoms with Gasteiger partial charge in [0, 0.05) is 12.8 Å². The van der Waals surface area contributed by atoms with Crippen LogP contribution >= 0.6 is 15.9 Å². The van der Waals surface area contributed by atoms with E-state index in [2.05, 4.69) is 15.9 Å². The highest BCUT2D eigenvalue weighted by molar-refractivity contribution is 9.10. The molecule has 0 amide bonds. The van der Waals surface area contributed by atoms with E-state index in [-0.39, 0.29) is 25.2 Å². The van der Waals surface area contributed by atoms with Crippen LogP contribution in [0.1, 0.15) is 24.5 Å². The zero-order chi connectivity index (χ0) is 13.4. The van der Waals surface area contributed by atoms with E-state index in [1.54, 1.807) is 0 Å². The second-order valence-electron chi connectivity index (χ2n) is 3.84. The predicted octanol–water partition coefficient (Wildman–Crippen LogP) is 3.43. The first-order chi connectivity index (χ1) is 8.43. The number of ketones is 1. The highest BCUT2D eigenvalue weighted by Gasteiger charge is 2.32. The molecule has 1 saturated heterocycles. The van der Waals surface area contributed by atoms with Crippen molar-refractivity contribution in [1.82, 2.24) is 0 Å². The van der Waals surface area contributed by atoms with Crippen molar-refractivity contribution in [3.05, 3.63) is 33.3 Å². The fourth-order valence-electron chi connectivity index (χ4n) is 1.77. The lowest BCUT2D eigenvalue weighted by molar-refractivity contribution is -0.128. The van der Waals surface area contributed by atoms with E-state index in [0.29, 0.717) is 0 Å². The normalized spacial score (nSPS) is 20.3. The molecule has 7 heteroatoms. The Morgan fingerprint density at radius 1 is 1.06 bits per heavy atom. The van der Waals surface area contributed by atoms with Crippen LogP contribution in [-0.4, -0.2) is 12.4 Å². The fourth-order valence-corrected chi connectivity index (χ4v) is 2.12. The molecule has 0 aromatic heterocycles. The molecule has 1 aromatic carbocycles. The second kappa shape index (κ2) is 4.97. The van der Waals surface area contributed by atoms with E-state index in [9.17, 15) is 22.4 Å². The Morgan fingerprint density at radius 3 is 2.11 bits per heavy atom. The topological polar surface area (TPSA) is 26.3 Å². The lowest BCUT2D eigenvalue weighted by Crippen LogP contribution is -2.22. The van der Waals surface area contributed by atoms with Crippen molar-refractivity contribution in [3.8, 4) is 0 Å². The summed E-state index contributed by atoms with van der Waals surface area (Å²) in [6.45, 7) is -0.0261. The summed E-state index contributed by atoms with van der Waals surface area (Å²) in [5.74, 6) is -6.43. The fraction of sp³-hybridized carbons (Fsp3) is 0.364. The van der Waals surface area contributed by atoms with Gasteiger partial charge in [0.1, 0.15) is 5.78 Å². The molecule has 1 atom stereocenters. The van der Waals surface area contributed by atoms with Gasteiger partial charge < -0.3 is 4.74 Å². The maximum Gasteiger partial charge on any atom is 0.176 e. The SMILES string of the molecule is O=C1CCOC(c2c(F)c(F)c(Br)c(F)c2F)C1. The molecule has 0 aliphatic carbocycles. The number of halogens is 5. The van der Waals surface area contributed by atoms with Crippen LogP contribution in [0.25, 0.3) is 0 Å². The third-order valence-corrected chi connectivity index (χ3v) is 3.37. The average Bonchev–Trinajstić information content (AvgIpc) is 2.34. The van der Waals surface area contributed by atoms with Crippen molar-refractivity contribution in [3.63, 3.8) is 0 Å². The van der Waals surface area contributed by atoms with Gasteiger partial charge in [-0.3, -0.25) is 4.79 Å². The minimum Gasteiger partial charge on any atom is -0.372 e. The number of hydrogen-bond donors (Lipinski definition) is 0. The molecule has 0 radical (unpaired) electrons. The lowest BCUT2D eigenvalue weighted by atomic mass is 9.99. The van der Waals surface area contributed by atoms with Crippen molar-refractivity contribution in [2.24, 2.45) is 0 Å². The number of benzene rings is 1. The van der Waals surface area contributed by atoms with Gasteiger partial charge in [0.2, 0.25) is 0 Å². The van der Waals surface area contributed by atoms with Gasteiger partial charge >= 0.3 is 0 Å². The van der Waals surface area contributed by atoms with Crippen LogP contribution in [0.15, 0.2) is 4.47 Å². The number of carbonyl (C=O) groups excluding carboxylic acids is 1. The highest BCUT2D eigenvalue weighted by Crippen LogP contribution is 2.35. The highest BCUT2D eigenvalue weighted by atomic mass is 79.9. The van der Waals surface area contributed by atoms with E-state index in [4.69, 9.17) is 4.74 Å². The smallest absolute Gasteiger partial charge is 0.176 e. The largest absolute Gasteiger partial charge is 0.372 e. The maximum absolute atomic E-state index is 13.6. The number of rotatable bonds is 1. The van der Waals surface area contributed by atoms with Gasteiger partial charge in [0.15, 0.2) is 23.3 Å². The molecule has 0 bridgehead atoms. The first-order valence-corrected chi connectivity index (χ1v) is 5.87. The first-order valence-electron chi connectivity index (χ1n) is 5.08. The molecule has 1 aliphatic heterocycles. The summed E-state index contributed by atoms with van der Waals surface area (Å²) in [4.78, 5) is 11.2. The maximum atomic E-state index is 13.6. The minimum absolute atomic E-state index is 0.0261. The molecule has 1 aromatic rings. The number of carbonyl (C=O) groups is 1. The average molecular weight is 327 g/mol. The van der Waals surface area contributed by atoms with Crippen molar-refractivity contribution in [2.45, 2.75) is 18.9 Å². The van der Waals surface area contributed by atoms with Crippen molar-refractivity contribution >= 4 is 21.7 Å². The molecule has 2 nitrogen and oxygen atoms in total. The summed E-state index contributed by atoms with van der Waals surface area (Å²) in [5, 5.41) is 0. The monoisotopic (exact) mass is 326 g/mol. The van der Waals surface area contributed by atoms with Gasteiger partial charge in [0.05, 0.1) is 22.7 Å². The summed E-state index contributed by atoms with van der Waals surface area (Å²) in [5.41, 5.74) is -0.874. The Morgan fingerprint density at radius 2 is 1.61 bits per heavy atom. The molecule has 1 aliphatic rings. The van der Waals surface area contributed by atoms with E-state index in [0.717, 1.165) is 0 Å². The molecule has 98 valence electrons. The van der Waals surface area contributed by atoms with Crippen LogP contribution in [0.3, 0.4) is 0 Å². The zero-order valence-electron chi connectivity index (χ0n) is 8.90. The van der Waals surface area contributed by atoms with Crippen LogP contribution < -0.4 is 0 Å². The van der Waals surface area contributed by atoms with Crippen LogP contribution in [-0.2, 0) is 9.53 Å². The van der Waals surface area contributed by atoms with Crippen molar-refractivity contribution in [1.29, 1.82) is 0 Å². The summed E-state index contributed by atoms with van der Waals surface area (Å²) in [7, 11) is 0. The van der Waals surface area contributed by atoms with Crippen LogP contribution in [0.2, 0.25) is 0 Å². The molecule has 1 fully saturated rings. The van der Waals surface area contributed by atoms with Gasteiger partial charge in [-0.15, -0.1) is 0 Å². The Kier molecular flexibility index (Phi) is 3.72. The van der Waals surface area contributed by atoms with Crippen molar-refractivity contribution < 1.29 is 27.1 Å². The summed E-state index contributed by atoms with van der Waals surface area (Å²) in [6.07, 6.45) is -1.46.